The van der Waals surface area contributed by atoms with Crippen LogP contribution in [0.5, 0.6) is 46.0 Å². The molecule has 1 fully saturated rings. The minimum atomic E-state index is -1.38. The van der Waals surface area contributed by atoms with Crippen LogP contribution in [0.25, 0.3) is 53.9 Å². The quantitative estimate of drug-likeness (QED) is 0.0668. The number of carbonyl (C=O) groups excluding carboxylic acids is 2. The predicted octanol–water partition coefficient (Wildman–Crippen LogP) is 3.88. The van der Waals surface area contributed by atoms with E-state index in [1.54, 1.807) is 6.92 Å². The molecular formula is C38H35N3O13. The highest BCUT2D eigenvalue weighted by Gasteiger charge is 2.38. The summed E-state index contributed by atoms with van der Waals surface area (Å²) >= 11 is 0. The number of carboxylic acids is 1. The Balaban J connectivity index is 1.57. The molecule has 3 unspecified atom stereocenters. The predicted molar refractivity (Wildman–Crippen MR) is 196 cm³/mol. The molecule has 0 saturated carbocycles. The average Bonchev–Trinajstić information content (AvgIpc) is 3.14. The summed E-state index contributed by atoms with van der Waals surface area (Å²) in [4.78, 5) is 53.6. The van der Waals surface area contributed by atoms with E-state index in [-0.39, 0.29) is 55.9 Å². The number of hydrogen-bond donors (Lipinski definition) is 9. The van der Waals surface area contributed by atoms with E-state index in [1.165, 1.54) is 32.2 Å². The molecule has 3 atom stereocenters. The molecule has 0 radical (unpaired) electrons. The molecular weight excluding hydrogens is 706 g/mol. The number of pyridine rings is 1. The van der Waals surface area contributed by atoms with Crippen molar-refractivity contribution in [3.05, 3.63) is 46.4 Å². The lowest BCUT2D eigenvalue weighted by Crippen LogP contribution is -2.63. The van der Waals surface area contributed by atoms with Gasteiger partial charge in [-0.05, 0) is 49.6 Å². The number of ether oxygens (including phenoxy) is 1. The third-order valence-corrected chi connectivity index (χ3v) is 10.6. The first kappa shape index (κ1) is 35.6. The van der Waals surface area contributed by atoms with Crippen LogP contribution in [0.1, 0.15) is 38.8 Å². The van der Waals surface area contributed by atoms with E-state index < -0.39 is 98.4 Å². The highest BCUT2D eigenvalue weighted by molar-refractivity contribution is 6.30. The fourth-order valence-corrected chi connectivity index (χ4v) is 7.60. The van der Waals surface area contributed by atoms with Gasteiger partial charge in [0.05, 0.1) is 40.6 Å². The monoisotopic (exact) mass is 741 g/mol. The lowest BCUT2D eigenvalue weighted by molar-refractivity contribution is -0.151. The van der Waals surface area contributed by atoms with E-state index in [1.807, 2.05) is 6.92 Å². The summed E-state index contributed by atoms with van der Waals surface area (Å²) in [5, 5.41) is 89.2. The smallest absolute Gasteiger partial charge is 0.328 e. The van der Waals surface area contributed by atoms with Gasteiger partial charge in [-0.1, -0.05) is 13.8 Å². The van der Waals surface area contributed by atoms with Gasteiger partial charge in [0.15, 0.2) is 0 Å². The lowest BCUT2D eigenvalue weighted by Gasteiger charge is -2.36. The van der Waals surface area contributed by atoms with Crippen molar-refractivity contribution < 1.29 is 60.0 Å². The molecule has 5 aromatic carbocycles. The number of aliphatic carboxylic acids is 1. The SMILES string of the molecule is CCC(C)c1cc2c(O)c3ccc4c(OC)c5c(O)c6c(O)ccc(O)c6c(O)c5c(O)c4c3c(O)c2c(=O)n1CC(=O)N1CC(C(=O)O)NC(=O)C1C. The van der Waals surface area contributed by atoms with E-state index in [4.69, 9.17) is 4.74 Å². The summed E-state index contributed by atoms with van der Waals surface area (Å²) in [6.07, 6.45) is 0.479. The maximum atomic E-state index is 14.5. The number of nitrogens with one attached hydrogen (secondary N) is 1. The molecule has 16 nitrogen and oxygen atoms in total. The number of methoxy groups -OCH3 is 1. The standard InChI is InChI=1S/C38H35N3O13/c1-5-13(2)19-10-17-25(37(51)41(19)12-22(44)40-11-18(38(52)53)39-36(50)14(40)3)31(46)23-15(30(17)45)6-7-16-24(23)32(47)28-29(35(16)54-4)34(49)27-21(43)9-8-20(42)26(27)33(28)48/h6-10,13-14,18,42-43,45-49H,5,11-12H2,1-4H3,(H,39,50)(H,52,53). The average molecular weight is 742 g/mol. The Morgan fingerprint density at radius 3 is 1.94 bits per heavy atom. The van der Waals surface area contributed by atoms with Crippen LogP contribution in [0.4, 0.5) is 0 Å². The fourth-order valence-electron chi connectivity index (χ4n) is 7.60. The van der Waals surface area contributed by atoms with Gasteiger partial charge in [0.1, 0.15) is 64.6 Å². The molecule has 16 heteroatoms. The Morgan fingerprint density at radius 2 is 1.35 bits per heavy atom. The second-order valence-corrected chi connectivity index (χ2v) is 13.5. The Bertz CT molecular complexity index is 2740. The molecule has 0 aliphatic carbocycles. The molecule has 280 valence electrons. The third kappa shape index (κ3) is 4.82. The third-order valence-electron chi connectivity index (χ3n) is 10.6. The van der Waals surface area contributed by atoms with Gasteiger partial charge in [-0.2, -0.15) is 0 Å². The van der Waals surface area contributed by atoms with Crippen molar-refractivity contribution in [2.24, 2.45) is 0 Å². The van der Waals surface area contributed by atoms with Crippen LogP contribution >= 0.6 is 0 Å². The van der Waals surface area contributed by atoms with Gasteiger partial charge in [-0.15, -0.1) is 0 Å². The van der Waals surface area contributed by atoms with Crippen molar-refractivity contribution in [1.29, 1.82) is 0 Å². The summed E-state index contributed by atoms with van der Waals surface area (Å²) in [5.41, 5.74) is -0.626. The van der Waals surface area contributed by atoms with E-state index >= 15 is 0 Å². The highest BCUT2D eigenvalue weighted by Crippen LogP contribution is 2.58. The van der Waals surface area contributed by atoms with Crippen molar-refractivity contribution in [2.45, 2.75) is 51.7 Å². The van der Waals surface area contributed by atoms with Crippen LogP contribution in [0.3, 0.4) is 0 Å². The molecule has 7 rings (SSSR count). The topological polar surface area (TPSA) is 260 Å². The molecule has 1 saturated heterocycles. The number of aromatic hydroxyl groups is 7. The number of phenolic OH excluding ortho intramolecular Hbond substituents is 7. The first-order chi connectivity index (χ1) is 25.5. The van der Waals surface area contributed by atoms with Gasteiger partial charge in [-0.3, -0.25) is 14.4 Å². The Labute approximate surface area is 303 Å². The molecule has 2 amide bonds. The largest absolute Gasteiger partial charge is 0.507 e. The molecule has 6 aromatic rings. The number of carbonyl (C=O) groups is 3. The van der Waals surface area contributed by atoms with Crippen LogP contribution in [-0.4, -0.2) is 93.8 Å². The molecule has 1 aliphatic heterocycles. The Morgan fingerprint density at radius 1 is 0.796 bits per heavy atom. The number of carboxylic acid groups (broad SMARTS) is 1. The maximum absolute atomic E-state index is 14.5. The molecule has 0 spiro atoms. The second-order valence-electron chi connectivity index (χ2n) is 13.5. The lowest BCUT2D eigenvalue weighted by atomic mass is 9.90. The summed E-state index contributed by atoms with van der Waals surface area (Å²) in [6.45, 7) is 4.01. The van der Waals surface area contributed by atoms with Crippen molar-refractivity contribution in [3.63, 3.8) is 0 Å². The molecule has 1 aromatic heterocycles. The number of nitrogens with zero attached hydrogens (tertiary/aromatic N) is 2. The van der Waals surface area contributed by atoms with Crippen LogP contribution in [-0.2, 0) is 20.9 Å². The number of hydrogen-bond acceptors (Lipinski definition) is 12. The second kappa shape index (κ2) is 12.4. The van der Waals surface area contributed by atoms with E-state index in [2.05, 4.69) is 5.32 Å². The van der Waals surface area contributed by atoms with E-state index in [9.17, 15) is 60.0 Å². The van der Waals surface area contributed by atoms with Gasteiger partial charge in [0, 0.05) is 32.6 Å². The molecule has 1 aliphatic rings. The zero-order valence-corrected chi connectivity index (χ0v) is 29.3. The van der Waals surface area contributed by atoms with Gasteiger partial charge >= 0.3 is 5.97 Å². The normalized spacial score (nSPS) is 16.7. The van der Waals surface area contributed by atoms with Crippen LogP contribution < -0.4 is 15.6 Å². The molecule has 54 heavy (non-hydrogen) atoms. The van der Waals surface area contributed by atoms with Gasteiger partial charge < -0.3 is 60.4 Å². The minimum absolute atomic E-state index is 0.0367. The zero-order valence-electron chi connectivity index (χ0n) is 29.3. The maximum Gasteiger partial charge on any atom is 0.328 e. The van der Waals surface area contributed by atoms with Gasteiger partial charge in [0.25, 0.3) is 5.56 Å². The molecule has 0 bridgehead atoms. The number of phenols is 7. The Hall–Kier alpha value is -6.84. The fraction of sp³-hybridized carbons (Fsp3) is 0.263. The Kier molecular flexibility index (Phi) is 8.16. The minimum Gasteiger partial charge on any atom is -0.507 e. The number of rotatable bonds is 6. The molecule has 9 N–H and O–H groups in total. The van der Waals surface area contributed by atoms with E-state index in [0.29, 0.717) is 12.1 Å². The van der Waals surface area contributed by atoms with Crippen molar-refractivity contribution in [1.82, 2.24) is 14.8 Å². The number of fused-ring (bicyclic) bond motifs is 6. The summed E-state index contributed by atoms with van der Waals surface area (Å²) in [7, 11) is 1.23. The highest BCUT2D eigenvalue weighted by atomic mass is 16.5. The number of benzene rings is 5. The number of aromatic nitrogens is 1. The first-order valence-electron chi connectivity index (χ1n) is 16.9. The van der Waals surface area contributed by atoms with Gasteiger partial charge in [0.2, 0.25) is 11.8 Å². The first-order valence-corrected chi connectivity index (χ1v) is 16.9. The zero-order chi connectivity index (χ0) is 39.2. The van der Waals surface area contributed by atoms with Crippen LogP contribution in [0, 0.1) is 0 Å². The van der Waals surface area contributed by atoms with E-state index in [0.717, 1.165) is 21.6 Å². The van der Waals surface area contributed by atoms with Crippen molar-refractivity contribution >= 4 is 71.6 Å². The van der Waals surface area contributed by atoms with Crippen molar-refractivity contribution in [3.8, 4) is 46.0 Å². The van der Waals surface area contributed by atoms with Gasteiger partial charge in [-0.25, -0.2) is 4.79 Å². The number of piperazine rings is 1. The van der Waals surface area contributed by atoms with Crippen LogP contribution in [0.2, 0.25) is 0 Å². The summed E-state index contributed by atoms with van der Waals surface area (Å²) in [6, 6.07) is 3.98. The van der Waals surface area contributed by atoms with Crippen LogP contribution in [0.15, 0.2) is 35.1 Å². The summed E-state index contributed by atoms with van der Waals surface area (Å²) in [5.74, 6) is -7.77. The summed E-state index contributed by atoms with van der Waals surface area (Å²) < 4.78 is 6.74. The van der Waals surface area contributed by atoms with Crippen molar-refractivity contribution in [2.75, 3.05) is 13.7 Å². The molecule has 2 heterocycles. The number of amides is 2.